The Morgan fingerprint density at radius 1 is 1.21 bits per heavy atom. The highest BCUT2D eigenvalue weighted by atomic mass is 16.6. The number of fused-ring (bicyclic) bond motifs is 1. The van der Waals surface area contributed by atoms with Gasteiger partial charge in [-0.05, 0) is 46.2 Å². The van der Waals surface area contributed by atoms with Gasteiger partial charge in [-0.25, -0.2) is 9.78 Å². The van der Waals surface area contributed by atoms with Gasteiger partial charge in [-0.2, -0.15) is 5.10 Å². The molecule has 4 amide bonds. The molecular weight excluding hydrogens is 494 g/mol. The van der Waals surface area contributed by atoms with E-state index in [1.807, 2.05) is 0 Å². The number of carbonyl (C=O) groups is 4. The van der Waals surface area contributed by atoms with Crippen molar-refractivity contribution in [3.8, 4) is 0 Å². The van der Waals surface area contributed by atoms with Crippen LogP contribution in [0.5, 0.6) is 0 Å². The average Bonchev–Trinajstić information content (AvgIpc) is 3.29. The number of imide groups is 1. The third-order valence-corrected chi connectivity index (χ3v) is 5.78. The van der Waals surface area contributed by atoms with Gasteiger partial charge in [-0.3, -0.25) is 33.7 Å². The highest BCUT2D eigenvalue weighted by Gasteiger charge is 2.30. The third kappa shape index (κ3) is 5.88. The zero-order valence-corrected chi connectivity index (χ0v) is 21.5. The molecule has 13 heteroatoms. The monoisotopic (exact) mass is 523 g/mol. The lowest BCUT2D eigenvalue weighted by Gasteiger charge is -2.24. The number of benzene rings is 1. The molecule has 3 aromatic rings. The van der Waals surface area contributed by atoms with Gasteiger partial charge in [0, 0.05) is 19.2 Å². The van der Waals surface area contributed by atoms with E-state index in [1.165, 1.54) is 21.6 Å². The molecule has 1 fully saturated rings. The zero-order valence-electron chi connectivity index (χ0n) is 21.5. The first-order valence-electron chi connectivity index (χ1n) is 12.1. The van der Waals surface area contributed by atoms with Gasteiger partial charge >= 0.3 is 6.09 Å². The molecule has 200 valence electrons. The Balaban J connectivity index is 1.48. The first-order valence-corrected chi connectivity index (χ1v) is 12.1. The largest absolute Gasteiger partial charge is 0.444 e. The lowest BCUT2D eigenvalue weighted by molar-refractivity contribution is -0.135. The molecule has 1 saturated heterocycles. The number of hydrogen-bond acceptors (Lipinski definition) is 8. The Morgan fingerprint density at radius 3 is 2.68 bits per heavy atom. The molecule has 0 saturated carbocycles. The van der Waals surface area contributed by atoms with E-state index in [9.17, 15) is 24.0 Å². The number of ether oxygens (including phenoxy) is 1. The van der Waals surface area contributed by atoms with Crippen LogP contribution >= 0.6 is 0 Å². The second kappa shape index (κ2) is 10.4. The highest BCUT2D eigenvalue weighted by molar-refractivity contribution is 6.08. The van der Waals surface area contributed by atoms with Crippen LogP contribution in [0, 0.1) is 6.92 Å². The second-order valence-electron chi connectivity index (χ2n) is 9.88. The summed E-state index contributed by atoms with van der Waals surface area (Å²) in [5.74, 6) is -1.10. The number of rotatable bonds is 6. The molecular formula is C25H29N7O6. The first kappa shape index (κ1) is 26.5. The Morgan fingerprint density at radius 2 is 1.97 bits per heavy atom. The SMILES string of the molecule is Cc1nc2c(NC(=O)c3cnn(CCNC(=O)OC(C)(C)C)c3)cccc2c(=O)n1C1CCC(=O)NC1=O. The van der Waals surface area contributed by atoms with Crippen molar-refractivity contribution in [3.63, 3.8) is 0 Å². The van der Waals surface area contributed by atoms with Crippen LogP contribution in [0.3, 0.4) is 0 Å². The van der Waals surface area contributed by atoms with Gasteiger partial charge in [0.1, 0.15) is 23.0 Å². The van der Waals surface area contributed by atoms with E-state index in [-0.39, 0.29) is 47.6 Å². The fourth-order valence-corrected chi connectivity index (χ4v) is 4.11. The number of carbonyl (C=O) groups excluding carboxylic acids is 4. The molecule has 38 heavy (non-hydrogen) atoms. The molecule has 0 spiro atoms. The van der Waals surface area contributed by atoms with E-state index in [1.54, 1.807) is 45.9 Å². The van der Waals surface area contributed by atoms with E-state index in [2.05, 4.69) is 26.0 Å². The van der Waals surface area contributed by atoms with Gasteiger partial charge in [0.15, 0.2) is 0 Å². The fourth-order valence-electron chi connectivity index (χ4n) is 4.11. The number of para-hydroxylation sites is 1. The van der Waals surface area contributed by atoms with Crippen molar-refractivity contribution in [1.82, 2.24) is 30.0 Å². The smallest absolute Gasteiger partial charge is 0.407 e. The number of piperidine rings is 1. The summed E-state index contributed by atoms with van der Waals surface area (Å²) in [6.07, 6.45) is 2.71. The third-order valence-electron chi connectivity index (χ3n) is 5.78. The van der Waals surface area contributed by atoms with Gasteiger partial charge in [0.25, 0.3) is 11.5 Å². The average molecular weight is 524 g/mol. The summed E-state index contributed by atoms with van der Waals surface area (Å²) >= 11 is 0. The number of aromatic nitrogens is 4. The Labute approximate surface area is 217 Å². The van der Waals surface area contributed by atoms with Crippen LogP contribution in [0.2, 0.25) is 0 Å². The topological polar surface area (TPSA) is 166 Å². The quantitative estimate of drug-likeness (QED) is 0.410. The summed E-state index contributed by atoms with van der Waals surface area (Å²) in [5, 5.41) is 12.0. The summed E-state index contributed by atoms with van der Waals surface area (Å²) in [6, 6.07) is 3.96. The molecule has 1 atom stereocenters. The van der Waals surface area contributed by atoms with Gasteiger partial charge in [0.05, 0.1) is 29.4 Å². The molecule has 3 N–H and O–H groups in total. The van der Waals surface area contributed by atoms with E-state index in [4.69, 9.17) is 4.74 Å². The summed E-state index contributed by atoms with van der Waals surface area (Å²) in [6.45, 7) is 7.48. The molecule has 1 aromatic carbocycles. The number of amides is 4. The number of nitrogens with one attached hydrogen (secondary N) is 3. The van der Waals surface area contributed by atoms with E-state index in [0.717, 1.165) is 0 Å². The van der Waals surface area contributed by atoms with E-state index < -0.39 is 35.1 Å². The molecule has 0 radical (unpaired) electrons. The standard InChI is InChI=1S/C25H29N7O6/c1-14-28-20-16(23(36)32(14)18-8-9-19(33)30-22(18)35)6-5-7-17(20)29-21(34)15-12-27-31(13-15)11-10-26-24(37)38-25(2,3)4/h5-7,12-13,18H,8-11H2,1-4H3,(H,26,37)(H,29,34)(H,30,33,35). The number of alkyl carbamates (subject to hydrolysis) is 1. The predicted octanol–water partition coefficient (Wildman–Crippen LogP) is 1.66. The van der Waals surface area contributed by atoms with Crippen molar-refractivity contribution in [2.45, 2.75) is 58.7 Å². The lowest BCUT2D eigenvalue weighted by Crippen LogP contribution is -2.45. The van der Waals surface area contributed by atoms with Gasteiger partial charge in [-0.15, -0.1) is 0 Å². The van der Waals surface area contributed by atoms with Crippen LogP contribution in [0.1, 0.15) is 55.8 Å². The van der Waals surface area contributed by atoms with Crippen LogP contribution in [-0.2, 0) is 20.9 Å². The Bertz CT molecular complexity index is 1480. The minimum atomic E-state index is -0.842. The highest BCUT2D eigenvalue weighted by Crippen LogP contribution is 2.24. The predicted molar refractivity (Wildman–Crippen MR) is 137 cm³/mol. The fraction of sp³-hybridized carbons (Fsp3) is 0.400. The van der Waals surface area contributed by atoms with E-state index >= 15 is 0 Å². The zero-order chi connectivity index (χ0) is 27.6. The van der Waals surface area contributed by atoms with Gasteiger partial charge in [-0.1, -0.05) is 6.07 Å². The van der Waals surface area contributed by atoms with Crippen molar-refractivity contribution < 1.29 is 23.9 Å². The lowest BCUT2D eigenvalue weighted by atomic mass is 10.1. The Hall–Kier alpha value is -4.55. The first-order chi connectivity index (χ1) is 17.9. The van der Waals surface area contributed by atoms with Crippen molar-refractivity contribution in [1.29, 1.82) is 0 Å². The minimum absolute atomic E-state index is 0.126. The van der Waals surface area contributed by atoms with Gasteiger partial charge < -0.3 is 15.4 Å². The number of anilines is 1. The van der Waals surface area contributed by atoms with Crippen LogP contribution < -0.4 is 21.5 Å². The molecule has 2 aromatic heterocycles. The molecule has 1 aliphatic rings. The normalized spacial score (nSPS) is 15.7. The number of aryl methyl sites for hydroxylation is 1. The maximum atomic E-state index is 13.3. The van der Waals surface area contributed by atoms with Crippen molar-refractivity contribution >= 4 is 40.4 Å². The summed E-state index contributed by atoms with van der Waals surface area (Å²) in [5.41, 5.74) is -0.173. The van der Waals surface area contributed by atoms with Crippen LogP contribution in [0.4, 0.5) is 10.5 Å². The van der Waals surface area contributed by atoms with Crippen LogP contribution in [0.15, 0.2) is 35.4 Å². The van der Waals surface area contributed by atoms with Gasteiger partial charge in [0.2, 0.25) is 11.8 Å². The van der Waals surface area contributed by atoms with Crippen LogP contribution in [0.25, 0.3) is 10.9 Å². The molecule has 0 bridgehead atoms. The maximum Gasteiger partial charge on any atom is 0.407 e. The van der Waals surface area contributed by atoms with E-state index in [0.29, 0.717) is 12.2 Å². The van der Waals surface area contributed by atoms with Crippen LogP contribution in [-0.4, -0.2) is 55.3 Å². The molecule has 1 aliphatic heterocycles. The van der Waals surface area contributed by atoms with Crippen molar-refractivity contribution in [2.75, 3.05) is 11.9 Å². The molecule has 0 aliphatic carbocycles. The molecule has 1 unspecified atom stereocenters. The Kier molecular flexibility index (Phi) is 7.28. The van der Waals surface area contributed by atoms with Crippen molar-refractivity contribution in [2.24, 2.45) is 0 Å². The molecule has 3 heterocycles. The summed E-state index contributed by atoms with van der Waals surface area (Å²) < 4.78 is 7.98. The summed E-state index contributed by atoms with van der Waals surface area (Å²) in [4.78, 5) is 66.4. The summed E-state index contributed by atoms with van der Waals surface area (Å²) in [7, 11) is 0. The number of nitrogens with zero attached hydrogens (tertiary/aromatic N) is 4. The molecule has 13 nitrogen and oxygen atoms in total. The maximum absolute atomic E-state index is 13.3. The molecule has 4 rings (SSSR count). The van der Waals surface area contributed by atoms with Crippen molar-refractivity contribution in [3.05, 3.63) is 52.3 Å². The minimum Gasteiger partial charge on any atom is -0.444 e. The number of hydrogen-bond donors (Lipinski definition) is 3. The second-order valence-corrected chi connectivity index (χ2v) is 9.88.